The Morgan fingerprint density at radius 3 is 2.95 bits per heavy atom. The van der Waals surface area contributed by atoms with Gasteiger partial charge in [0.1, 0.15) is 11.8 Å². The molecule has 0 aromatic rings. The second kappa shape index (κ2) is 5.96. The summed E-state index contributed by atoms with van der Waals surface area (Å²) in [7, 11) is 0. The fourth-order valence-corrected chi connectivity index (χ4v) is 6.33. The van der Waals surface area contributed by atoms with E-state index in [-0.39, 0.29) is 29.3 Å². The molecule has 0 radical (unpaired) electrons. The molecule has 1 N–H and O–H groups in total. The largest absolute Gasteiger partial charge is 0.465 e. The molecule has 3 heterocycles. The molecule has 0 saturated carbocycles. The Bertz CT molecular complexity index is 448. The van der Waals surface area contributed by atoms with Gasteiger partial charge in [-0.25, -0.2) is 4.90 Å². The fourth-order valence-electron chi connectivity index (χ4n) is 4.36. The minimum Gasteiger partial charge on any atom is -0.465 e. The van der Waals surface area contributed by atoms with Gasteiger partial charge in [-0.2, -0.15) is 0 Å². The zero-order valence-corrected chi connectivity index (χ0v) is 14.5. The molecule has 0 bridgehead atoms. The summed E-state index contributed by atoms with van der Waals surface area (Å²) in [5.74, 6) is 0.115. The monoisotopic (exact) mass is 329 g/mol. The Morgan fingerprint density at radius 2 is 2.27 bits per heavy atom. The molecule has 0 spiro atoms. The van der Waals surface area contributed by atoms with Gasteiger partial charge in [-0.1, -0.05) is 0 Å². The highest BCUT2D eigenvalue weighted by atomic mass is 32.2. The molecule has 3 fully saturated rings. The lowest BCUT2D eigenvalue weighted by Crippen LogP contribution is -2.57. The van der Waals surface area contributed by atoms with Gasteiger partial charge in [-0.3, -0.25) is 4.79 Å². The first-order valence-electron chi connectivity index (χ1n) is 8.34. The summed E-state index contributed by atoms with van der Waals surface area (Å²) in [6.45, 7) is 7.57. The summed E-state index contributed by atoms with van der Waals surface area (Å²) >= 11 is 1.96. The van der Waals surface area contributed by atoms with Crippen molar-refractivity contribution in [2.45, 2.75) is 68.3 Å². The van der Waals surface area contributed by atoms with Crippen LogP contribution in [-0.4, -0.2) is 57.7 Å². The van der Waals surface area contributed by atoms with E-state index in [1.54, 1.807) is 0 Å². The quantitative estimate of drug-likeness (QED) is 0.778. The van der Waals surface area contributed by atoms with Crippen LogP contribution in [-0.2, 0) is 14.3 Å². The number of carbonyl (C=O) groups is 1. The number of nitrogens with zero attached hydrogens (tertiary/aromatic N) is 1. The van der Waals surface area contributed by atoms with Crippen molar-refractivity contribution in [2.75, 3.05) is 19.8 Å². The lowest BCUT2D eigenvalue weighted by Gasteiger charge is -2.41. The molecule has 3 aliphatic heterocycles. The summed E-state index contributed by atoms with van der Waals surface area (Å²) in [5.41, 5.74) is -0.395. The van der Waals surface area contributed by atoms with Crippen molar-refractivity contribution >= 4 is 17.7 Å². The van der Waals surface area contributed by atoms with Gasteiger partial charge >= 0.3 is 5.97 Å². The van der Waals surface area contributed by atoms with Crippen molar-refractivity contribution in [1.82, 2.24) is 4.90 Å². The molecule has 3 saturated heterocycles. The SMILES string of the molecule is CCOC(=O)[C@@H]1[C@@H](CCCO)C[C@H]2SC3(C)CCO[C@]3(C)N12. The molecule has 1 unspecified atom stereocenters. The smallest absolute Gasteiger partial charge is 0.323 e. The van der Waals surface area contributed by atoms with Crippen molar-refractivity contribution < 1.29 is 19.4 Å². The number of esters is 1. The molecule has 0 aromatic carbocycles. The third-order valence-corrected chi connectivity index (χ3v) is 7.45. The number of rotatable bonds is 5. The van der Waals surface area contributed by atoms with Crippen LogP contribution in [0, 0.1) is 5.92 Å². The molecule has 5 nitrogen and oxygen atoms in total. The Kier molecular flexibility index (Phi) is 4.49. The molecule has 3 rings (SSSR count). The van der Waals surface area contributed by atoms with Crippen molar-refractivity contribution in [3.05, 3.63) is 0 Å². The summed E-state index contributed by atoms with van der Waals surface area (Å²) in [4.78, 5) is 14.9. The number of thioether (sulfide) groups is 1. The number of aliphatic hydroxyl groups excluding tert-OH is 1. The predicted molar refractivity (Wildman–Crippen MR) is 85.4 cm³/mol. The van der Waals surface area contributed by atoms with E-state index < -0.39 is 5.72 Å². The van der Waals surface area contributed by atoms with E-state index in [1.807, 2.05) is 18.7 Å². The molecule has 3 aliphatic rings. The lowest BCUT2D eigenvalue weighted by molar-refractivity contribution is -0.167. The third kappa shape index (κ3) is 2.30. The summed E-state index contributed by atoms with van der Waals surface area (Å²) in [5, 5.41) is 9.45. The maximum atomic E-state index is 12.6. The Balaban J connectivity index is 1.88. The molecule has 0 aromatic heterocycles. The number of hydrogen-bond donors (Lipinski definition) is 1. The van der Waals surface area contributed by atoms with Gasteiger partial charge in [0, 0.05) is 6.61 Å². The van der Waals surface area contributed by atoms with Crippen LogP contribution in [0.2, 0.25) is 0 Å². The van der Waals surface area contributed by atoms with Crippen LogP contribution in [0.25, 0.3) is 0 Å². The Labute approximate surface area is 136 Å². The standard InChI is InChI=1S/C16H27NO4S/c1-4-20-14(19)13-11(6-5-8-18)10-12-17(13)16(3)15(2,22-12)7-9-21-16/h11-13,18H,4-10H2,1-3H3/t11-,12+,13-,15?,16-/m0/s1. The number of aliphatic hydroxyl groups is 1. The Morgan fingerprint density at radius 1 is 1.50 bits per heavy atom. The average Bonchev–Trinajstić information content (AvgIpc) is 3.01. The van der Waals surface area contributed by atoms with Crippen LogP contribution in [0.15, 0.2) is 0 Å². The molecule has 126 valence electrons. The van der Waals surface area contributed by atoms with E-state index in [0.29, 0.717) is 12.0 Å². The molecular formula is C16H27NO4S. The molecule has 22 heavy (non-hydrogen) atoms. The lowest BCUT2D eigenvalue weighted by atomic mass is 9.91. The maximum Gasteiger partial charge on any atom is 0.323 e. The van der Waals surface area contributed by atoms with Gasteiger partial charge in [0.15, 0.2) is 0 Å². The summed E-state index contributed by atoms with van der Waals surface area (Å²) in [6, 6.07) is -0.242. The average molecular weight is 329 g/mol. The molecule has 0 aliphatic carbocycles. The normalized spacial score (nSPS) is 44.1. The predicted octanol–water partition coefficient (Wildman–Crippen LogP) is 1.98. The zero-order chi connectivity index (χ0) is 16.0. The van der Waals surface area contributed by atoms with Crippen LogP contribution < -0.4 is 0 Å². The van der Waals surface area contributed by atoms with Crippen molar-refractivity contribution in [1.29, 1.82) is 0 Å². The van der Waals surface area contributed by atoms with Gasteiger partial charge < -0.3 is 14.6 Å². The Hall–Kier alpha value is -0.300. The first kappa shape index (κ1) is 16.6. The minimum absolute atomic E-state index is 0.0460. The van der Waals surface area contributed by atoms with Crippen LogP contribution in [0.5, 0.6) is 0 Å². The topological polar surface area (TPSA) is 59.0 Å². The van der Waals surface area contributed by atoms with E-state index in [1.165, 1.54) is 0 Å². The number of hydrogen-bond acceptors (Lipinski definition) is 6. The van der Waals surface area contributed by atoms with Crippen LogP contribution in [0.1, 0.15) is 46.5 Å². The molecule has 5 atom stereocenters. The molecule has 6 heteroatoms. The van der Waals surface area contributed by atoms with Gasteiger partial charge in [0.05, 0.1) is 23.3 Å². The van der Waals surface area contributed by atoms with E-state index in [4.69, 9.17) is 14.6 Å². The summed E-state index contributed by atoms with van der Waals surface area (Å²) in [6.07, 6.45) is 3.60. The van der Waals surface area contributed by atoms with Crippen molar-refractivity contribution in [2.24, 2.45) is 5.92 Å². The number of ether oxygens (including phenoxy) is 2. The van der Waals surface area contributed by atoms with Crippen LogP contribution in [0.4, 0.5) is 0 Å². The second-order valence-electron chi connectivity index (χ2n) is 6.85. The maximum absolute atomic E-state index is 12.6. The van der Waals surface area contributed by atoms with Gasteiger partial charge in [-0.05, 0) is 52.4 Å². The van der Waals surface area contributed by atoms with Crippen LogP contribution in [0.3, 0.4) is 0 Å². The highest BCUT2D eigenvalue weighted by Gasteiger charge is 2.68. The van der Waals surface area contributed by atoms with Gasteiger partial charge in [0.25, 0.3) is 0 Å². The van der Waals surface area contributed by atoms with E-state index in [0.717, 1.165) is 32.3 Å². The fraction of sp³-hybridized carbons (Fsp3) is 0.938. The summed E-state index contributed by atoms with van der Waals surface area (Å²) < 4.78 is 11.5. The van der Waals surface area contributed by atoms with E-state index in [9.17, 15) is 4.79 Å². The highest BCUT2D eigenvalue weighted by molar-refractivity contribution is 8.01. The number of fused-ring (bicyclic) bond motifs is 3. The third-order valence-electron chi connectivity index (χ3n) is 5.65. The van der Waals surface area contributed by atoms with Crippen LogP contribution >= 0.6 is 11.8 Å². The molecule has 0 amide bonds. The van der Waals surface area contributed by atoms with Gasteiger partial charge in [0.2, 0.25) is 0 Å². The van der Waals surface area contributed by atoms with E-state index >= 15 is 0 Å². The zero-order valence-electron chi connectivity index (χ0n) is 13.7. The van der Waals surface area contributed by atoms with Crippen molar-refractivity contribution in [3.8, 4) is 0 Å². The first-order valence-corrected chi connectivity index (χ1v) is 9.22. The van der Waals surface area contributed by atoms with Crippen molar-refractivity contribution in [3.63, 3.8) is 0 Å². The second-order valence-corrected chi connectivity index (χ2v) is 8.53. The first-order chi connectivity index (χ1) is 10.5. The minimum atomic E-state index is -0.395. The van der Waals surface area contributed by atoms with E-state index in [2.05, 4.69) is 18.7 Å². The number of carbonyl (C=O) groups excluding carboxylic acids is 1. The molecular weight excluding hydrogens is 302 g/mol. The highest BCUT2D eigenvalue weighted by Crippen LogP contribution is 2.62. The van der Waals surface area contributed by atoms with Gasteiger partial charge in [-0.15, -0.1) is 11.8 Å².